The third-order valence-corrected chi connectivity index (χ3v) is 6.29. The zero-order valence-corrected chi connectivity index (χ0v) is 16.0. The summed E-state index contributed by atoms with van der Waals surface area (Å²) in [5, 5.41) is 10.7. The van der Waals surface area contributed by atoms with Crippen LogP contribution in [-0.4, -0.2) is 46.0 Å². The van der Waals surface area contributed by atoms with Gasteiger partial charge < -0.3 is 10.0 Å². The van der Waals surface area contributed by atoms with Crippen molar-refractivity contribution in [2.24, 2.45) is 11.8 Å². The lowest BCUT2D eigenvalue weighted by molar-refractivity contribution is -0.137. The largest absolute Gasteiger partial charge is 0.388 e. The maximum atomic E-state index is 13.2. The quantitative estimate of drug-likeness (QED) is 0.895. The standard InChI is InChI=1S/C21H30N2O3/c1-14(19(24)17-12-8-5-9-13-17)20(25)23-18(15(2)22(3)21(23)26)16-10-6-4-7-11-16/h5,8-9,12-16,18-19,24H,4,6-7,10-11H2,1-3H3/t14-,15+,18+,19-/m1/s1. The predicted octanol–water partition coefficient (Wildman–Crippen LogP) is 3.59. The highest BCUT2D eigenvalue weighted by molar-refractivity contribution is 5.98. The number of imide groups is 1. The molecule has 1 aromatic carbocycles. The number of nitrogens with zero attached hydrogens (tertiary/aromatic N) is 2. The molecule has 0 bridgehead atoms. The first-order chi connectivity index (χ1) is 12.4. The normalized spacial score (nSPS) is 26.8. The number of aliphatic hydroxyl groups excluding tert-OH is 1. The summed E-state index contributed by atoms with van der Waals surface area (Å²) in [6.45, 7) is 3.75. The van der Waals surface area contributed by atoms with Crippen molar-refractivity contribution < 1.29 is 14.7 Å². The third-order valence-electron chi connectivity index (χ3n) is 6.29. The van der Waals surface area contributed by atoms with E-state index in [0.717, 1.165) is 25.7 Å². The SMILES string of the molecule is C[C@@H](C(=O)N1C(=O)N(C)[C@@H](C)[C@H]1C1CCCCC1)[C@@H](O)c1ccccc1. The molecule has 142 valence electrons. The van der Waals surface area contributed by atoms with E-state index >= 15 is 0 Å². The Morgan fingerprint density at radius 3 is 2.38 bits per heavy atom. The highest BCUT2D eigenvalue weighted by Crippen LogP contribution is 2.37. The first-order valence-electron chi connectivity index (χ1n) is 9.76. The number of hydrogen-bond donors (Lipinski definition) is 1. The molecular weight excluding hydrogens is 328 g/mol. The maximum absolute atomic E-state index is 13.2. The molecule has 5 nitrogen and oxygen atoms in total. The third kappa shape index (κ3) is 3.37. The minimum absolute atomic E-state index is 0.00983. The smallest absolute Gasteiger partial charge is 0.327 e. The molecule has 0 unspecified atom stereocenters. The van der Waals surface area contributed by atoms with Crippen LogP contribution in [0, 0.1) is 11.8 Å². The summed E-state index contributed by atoms with van der Waals surface area (Å²) in [5.41, 5.74) is 0.704. The minimum atomic E-state index is -0.912. The van der Waals surface area contributed by atoms with Gasteiger partial charge in [0.15, 0.2) is 0 Å². The molecule has 1 N–H and O–H groups in total. The number of aliphatic hydroxyl groups is 1. The highest BCUT2D eigenvalue weighted by atomic mass is 16.3. The lowest BCUT2D eigenvalue weighted by Gasteiger charge is -2.35. The number of rotatable bonds is 4. The average Bonchev–Trinajstić information content (AvgIpc) is 2.91. The number of hydrogen-bond acceptors (Lipinski definition) is 3. The second-order valence-electron chi connectivity index (χ2n) is 7.88. The first-order valence-corrected chi connectivity index (χ1v) is 9.76. The molecule has 1 saturated carbocycles. The summed E-state index contributed by atoms with van der Waals surface area (Å²) in [4.78, 5) is 29.2. The van der Waals surface area contributed by atoms with Crippen molar-refractivity contribution in [2.75, 3.05) is 7.05 Å². The fourth-order valence-corrected chi connectivity index (χ4v) is 4.53. The van der Waals surface area contributed by atoms with Crippen molar-refractivity contribution in [3.8, 4) is 0 Å². The molecule has 2 aliphatic rings. The lowest BCUT2D eigenvalue weighted by atomic mass is 9.81. The van der Waals surface area contributed by atoms with E-state index in [1.54, 1.807) is 18.9 Å². The minimum Gasteiger partial charge on any atom is -0.388 e. The number of urea groups is 1. The molecule has 2 fully saturated rings. The fourth-order valence-electron chi connectivity index (χ4n) is 4.53. The van der Waals surface area contributed by atoms with E-state index in [2.05, 4.69) is 0 Å². The van der Waals surface area contributed by atoms with Crippen LogP contribution in [-0.2, 0) is 4.79 Å². The number of amides is 3. The number of carbonyl (C=O) groups excluding carboxylic acids is 2. The van der Waals surface area contributed by atoms with Gasteiger partial charge in [-0.05, 0) is 31.2 Å². The summed E-state index contributed by atoms with van der Waals surface area (Å²) in [5.74, 6) is -0.568. The molecule has 26 heavy (non-hydrogen) atoms. The average molecular weight is 358 g/mol. The van der Waals surface area contributed by atoms with Gasteiger partial charge >= 0.3 is 6.03 Å². The Kier molecular flexibility index (Phi) is 5.66. The van der Waals surface area contributed by atoms with Gasteiger partial charge in [0.25, 0.3) is 0 Å². The maximum Gasteiger partial charge on any atom is 0.327 e. The van der Waals surface area contributed by atoms with Crippen LogP contribution >= 0.6 is 0 Å². The van der Waals surface area contributed by atoms with Crippen molar-refractivity contribution in [1.29, 1.82) is 0 Å². The Morgan fingerprint density at radius 2 is 1.77 bits per heavy atom. The molecule has 0 aromatic heterocycles. The van der Waals surface area contributed by atoms with Gasteiger partial charge in [0, 0.05) is 7.05 Å². The zero-order chi connectivity index (χ0) is 18.8. The number of carbonyl (C=O) groups is 2. The molecule has 5 heteroatoms. The molecular formula is C21H30N2O3. The van der Waals surface area contributed by atoms with Crippen LogP contribution in [0.5, 0.6) is 0 Å². The Morgan fingerprint density at radius 1 is 1.15 bits per heavy atom. The predicted molar refractivity (Wildman–Crippen MR) is 100 cm³/mol. The van der Waals surface area contributed by atoms with Gasteiger partial charge in [-0.25, -0.2) is 4.79 Å². The van der Waals surface area contributed by atoms with Gasteiger partial charge in [-0.2, -0.15) is 0 Å². The van der Waals surface area contributed by atoms with Crippen molar-refractivity contribution in [1.82, 2.24) is 9.80 Å². The van der Waals surface area contributed by atoms with Crippen molar-refractivity contribution in [2.45, 2.75) is 64.1 Å². The molecule has 3 rings (SSSR count). The Labute approximate surface area is 156 Å². The van der Waals surface area contributed by atoms with Gasteiger partial charge in [-0.15, -0.1) is 0 Å². The van der Waals surface area contributed by atoms with Gasteiger partial charge in [0.2, 0.25) is 5.91 Å². The summed E-state index contributed by atoms with van der Waals surface area (Å²) in [7, 11) is 1.77. The fraction of sp³-hybridized carbons (Fsp3) is 0.619. The summed E-state index contributed by atoms with van der Waals surface area (Å²) < 4.78 is 0. The van der Waals surface area contributed by atoms with E-state index in [-0.39, 0.29) is 24.0 Å². The van der Waals surface area contributed by atoms with Crippen molar-refractivity contribution in [3.63, 3.8) is 0 Å². The highest BCUT2D eigenvalue weighted by Gasteiger charge is 2.49. The van der Waals surface area contributed by atoms with Crippen LogP contribution in [0.3, 0.4) is 0 Å². The van der Waals surface area contributed by atoms with Crippen LogP contribution in [0.1, 0.15) is 57.6 Å². The Bertz CT molecular complexity index is 642. The van der Waals surface area contributed by atoms with Crippen molar-refractivity contribution >= 4 is 11.9 Å². The van der Waals surface area contributed by atoms with Crippen LogP contribution < -0.4 is 0 Å². The van der Waals surface area contributed by atoms with Gasteiger partial charge in [0.1, 0.15) is 0 Å². The van der Waals surface area contributed by atoms with Gasteiger partial charge in [-0.1, -0.05) is 56.5 Å². The second-order valence-corrected chi connectivity index (χ2v) is 7.88. The zero-order valence-electron chi connectivity index (χ0n) is 16.0. The van der Waals surface area contributed by atoms with Crippen LogP contribution in [0.2, 0.25) is 0 Å². The molecule has 1 saturated heterocycles. The molecule has 1 aromatic rings. The van der Waals surface area contributed by atoms with Gasteiger partial charge in [0.05, 0.1) is 24.1 Å². The molecule has 4 atom stereocenters. The monoisotopic (exact) mass is 358 g/mol. The molecule has 1 aliphatic heterocycles. The van der Waals surface area contributed by atoms with E-state index in [1.165, 1.54) is 11.3 Å². The van der Waals surface area contributed by atoms with Crippen LogP contribution in [0.4, 0.5) is 4.79 Å². The second kappa shape index (κ2) is 7.78. The summed E-state index contributed by atoms with van der Waals surface area (Å²) in [6, 6.07) is 8.88. The molecule has 0 spiro atoms. The lowest BCUT2D eigenvalue weighted by Crippen LogP contribution is -2.48. The topological polar surface area (TPSA) is 60.9 Å². The van der Waals surface area contributed by atoms with E-state index in [4.69, 9.17) is 0 Å². The van der Waals surface area contributed by atoms with E-state index in [1.807, 2.05) is 37.3 Å². The Balaban J connectivity index is 1.83. The van der Waals surface area contributed by atoms with Crippen LogP contribution in [0.25, 0.3) is 0 Å². The van der Waals surface area contributed by atoms with E-state index in [0.29, 0.717) is 11.5 Å². The molecule has 1 aliphatic carbocycles. The van der Waals surface area contributed by atoms with E-state index < -0.39 is 12.0 Å². The Hall–Kier alpha value is -1.88. The number of likely N-dealkylation sites (N-methyl/N-ethyl adjacent to an activating group) is 1. The molecule has 3 amide bonds. The van der Waals surface area contributed by atoms with Crippen LogP contribution in [0.15, 0.2) is 30.3 Å². The van der Waals surface area contributed by atoms with Gasteiger partial charge in [-0.3, -0.25) is 9.69 Å². The van der Waals surface area contributed by atoms with Crippen molar-refractivity contribution in [3.05, 3.63) is 35.9 Å². The van der Waals surface area contributed by atoms with E-state index in [9.17, 15) is 14.7 Å². The summed E-state index contributed by atoms with van der Waals surface area (Å²) in [6.07, 6.45) is 4.78. The first kappa shape index (κ1) is 18.9. The number of benzene rings is 1. The molecule has 1 heterocycles. The molecule has 0 radical (unpaired) electrons. The summed E-state index contributed by atoms with van der Waals surface area (Å²) >= 11 is 0.